The van der Waals surface area contributed by atoms with Gasteiger partial charge in [-0.2, -0.15) is 0 Å². The highest BCUT2D eigenvalue weighted by Crippen LogP contribution is 2.35. The van der Waals surface area contributed by atoms with E-state index >= 15 is 0 Å². The normalized spacial score (nSPS) is 17.0. The lowest BCUT2D eigenvalue weighted by Gasteiger charge is -2.27. The van der Waals surface area contributed by atoms with Crippen molar-refractivity contribution in [3.8, 4) is 0 Å². The molecule has 0 atom stereocenters. The van der Waals surface area contributed by atoms with E-state index in [9.17, 15) is 0 Å². The van der Waals surface area contributed by atoms with Crippen LogP contribution in [0.4, 0.5) is 5.69 Å². The summed E-state index contributed by atoms with van der Waals surface area (Å²) in [7, 11) is 2.10. The van der Waals surface area contributed by atoms with E-state index in [1.54, 1.807) is 0 Å². The molecule has 2 rings (SSSR count). The number of halogens is 2. The maximum atomic E-state index is 6.19. The van der Waals surface area contributed by atoms with Gasteiger partial charge >= 0.3 is 0 Å². The SMILES string of the molecule is CN(c1cccc(Cl)c1Cl)C1CCCC1. The average Bonchev–Trinajstić information content (AvgIpc) is 2.74. The van der Waals surface area contributed by atoms with Crippen LogP contribution < -0.4 is 4.90 Å². The Morgan fingerprint density at radius 1 is 1.20 bits per heavy atom. The summed E-state index contributed by atoms with van der Waals surface area (Å²) in [5, 5.41) is 1.31. The lowest BCUT2D eigenvalue weighted by molar-refractivity contribution is 0.653. The first kappa shape index (κ1) is 11.1. The Kier molecular flexibility index (Phi) is 3.42. The van der Waals surface area contributed by atoms with Crippen LogP contribution in [0.5, 0.6) is 0 Å². The van der Waals surface area contributed by atoms with Gasteiger partial charge in [-0.15, -0.1) is 0 Å². The molecule has 1 nitrogen and oxygen atoms in total. The van der Waals surface area contributed by atoms with Crippen LogP contribution in [0.1, 0.15) is 25.7 Å². The molecule has 1 aromatic carbocycles. The fourth-order valence-corrected chi connectivity index (χ4v) is 2.68. The Balaban J connectivity index is 2.24. The lowest BCUT2D eigenvalue weighted by Crippen LogP contribution is -2.28. The third-order valence-electron chi connectivity index (χ3n) is 3.18. The molecule has 0 aliphatic heterocycles. The minimum Gasteiger partial charge on any atom is -0.370 e. The largest absolute Gasteiger partial charge is 0.370 e. The summed E-state index contributed by atoms with van der Waals surface area (Å²) in [6, 6.07) is 6.44. The van der Waals surface area contributed by atoms with Crippen LogP contribution in [0.25, 0.3) is 0 Å². The first-order chi connectivity index (χ1) is 7.20. The van der Waals surface area contributed by atoms with E-state index in [4.69, 9.17) is 23.2 Å². The lowest BCUT2D eigenvalue weighted by atomic mass is 10.2. The van der Waals surface area contributed by atoms with Crippen molar-refractivity contribution in [3.63, 3.8) is 0 Å². The van der Waals surface area contributed by atoms with Gasteiger partial charge in [-0.3, -0.25) is 0 Å². The van der Waals surface area contributed by atoms with E-state index in [0.717, 1.165) is 5.69 Å². The molecule has 0 heterocycles. The van der Waals surface area contributed by atoms with E-state index in [0.29, 0.717) is 16.1 Å². The van der Waals surface area contributed by atoms with Crippen molar-refractivity contribution in [1.82, 2.24) is 0 Å². The summed E-state index contributed by atoms with van der Waals surface area (Å²) >= 11 is 12.2. The van der Waals surface area contributed by atoms with Crippen LogP contribution in [-0.4, -0.2) is 13.1 Å². The molecule has 0 radical (unpaired) electrons. The third-order valence-corrected chi connectivity index (χ3v) is 3.99. The first-order valence-electron chi connectivity index (χ1n) is 5.37. The van der Waals surface area contributed by atoms with Crippen molar-refractivity contribution in [2.24, 2.45) is 0 Å². The minimum atomic E-state index is 0.626. The van der Waals surface area contributed by atoms with Gasteiger partial charge in [-0.05, 0) is 25.0 Å². The monoisotopic (exact) mass is 243 g/mol. The maximum absolute atomic E-state index is 6.19. The molecule has 0 unspecified atom stereocenters. The summed E-state index contributed by atoms with van der Waals surface area (Å²) < 4.78 is 0. The van der Waals surface area contributed by atoms with Gasteiger partial charge in [-0.25, -0.2) is 0 Å². The molecule has 1 aromatic rings. The van der Waals surface area contributed by atoms with Crippen LogP contribution in [0, 0.1) is 0 Å². The molecule has 15 heavy (non-hydrogen) atoms. The molecule has 1 fully saturated rings. The van der Waals surface area contributed by atoms with Crippen molar-refractivity contribution >= 4 is 28.9 Å². The van der Waals surface area contributed by atoms with Crippen molar-refractivity contribution in [2.45, 2.75) is 31.7 Å². The molecule has 0 N–H and O–H groups in total. The van der Waals surface area contributed by atoms with Crippen LogP contribution in [-0.2, 0) is 0 Å². The quantitative estimate of drug-likeness (QED) is 0.746. The molecular weight excluding hydrogens is 229 g/mol. The molecule has 1 aliphatic rings. The molecule has 0 bridgehead atoms. The number of nitrogens with zero attached hydrogens (tertiary/aromatic N) is 1. The van der Waals surface area contributed by atoms with E-state index in [1.165, 1.54) is 25.7 Å². The van der Waals surface area contributed by atoms with Gasteiger partial charge in [0.25, 0.3) is 0 Å². The van der Waals surface area contributed by atoms with Crippen LogP contribution >= 0.6 is 23.2 Å². The van der Waals surface area contributed by atoms with Gasteiger partial charge in [0.15, 0.2) is 0 Å². The molecule has 0 amide bonds. The van der Waals surface area contributed by atoms with E-state index in [2.05, 4.69) is 11.9 Å². The first-order valence-corrected chi connectivity index (χ1v) is 6.12. The van der Waals surface area contributed by atoms with Gasteiger partial charge < -0.3 is 4.90 Å². The number of hydrogen-bond donors (Lipinski definition) is 0. The zero-order chi connectivity index (χ0) is 10.8. The molecule has 1 saturated carbocycles. The van der Waals surface area contributed by atoms with Gasteiger partial charge in [0.1, 0.15) is 0 Å². The van der Waals surface area contributed by atoms with Gasteiger partial charge in [0.2, 0.25) is 0 Å². The minimum absolute atomic E-state index is 0.626. The van der Waals surface area contributed by atoms with Crippen molar-refractivity contribution in [3.05, 3.63) is 28.2 Å². The molecule has 82 valence electrons. The second-order valence-corrected chi connectivity index (χ2v) is 4.91. The van der Waals surface area contributed by atoms with E-state index in [1.807, 2.05) is 18.2 Å². The van der Waals surface area contributed by atoms with Gasteiger partial charge in [0, 0.05) is 13.1 Å². The standard InChI is InChI=1S/C12H15Cl2N/c1-15(9-5-2-3-6-9)11-8-4-7-10(13)12(11)14/h4,7-9H,2-3,5-6H2,1H3. The van der Waals surface area contributed by atoms with Gasteiger partial charge in [0.05, 0.1) is 15.7 Å². The van der Waals surface area contributed by atoms with Crippen molar-refractivity contribution in [1.29, 1.82) is 0 Å². The number of rotatable bonds is 2. The second-order valence-electron chi connectivity index (χ2n) is 4.12. The van der Waals surface area contributed by atoms with Crippen molar-refractivity contribution in [2.75, 3.05) is 11.9 Å². The highest BCUT2D eigenvalue weighted by atomic mass is 35.5. The number of anilines is 1. The van der Waals surface area contributed by atoms with Crippen LogP contribution in [0.2, 0.25) is 10.0 Å². The Hall–Kier alpha value is -0.400. The summed E-state index contributed by atoms with van der Waals surface area (Å²) in [4.78, 5) is 2.27. The summed E-state index contributed by atoms with van der Waals surface area (Å²) in [6.07, 6.45) is 5.18. The zero-order valence-electron chi connectivity index (χ0n) is 8.84. The molecule has 0 spiro atoms. The average molecular weight is 244 g/mol. The summed E-state index contributed by atoms with van der Waals surface area (Å²) in [5.41, 5.74) is 1.05. The smallest absolute Gasteiger partial charge is 0.0825 e. The Morgan fingerprint density at radius 3 is 2.53 bits per heavy atom. The predicted molar refractivity (Wildman–Crippen MR) is 67.1 cm³/mol. The second kappa shape index (κ2) is 4.63. The van der Waals surface area contributed by atoms with E-state index in [-0.39, 0.29) is 0 Å². The highest BCUT2D eigenvalue weighted by Gasteiger charge is 2.21. The molecule has 3 heteroatoms. The summed E-state index contributed by atoms with van der Waals surface area (Å²) in [6.45, 7) is 0. The fraction of sp³-hybridized carbons (Fsp3) is 0.500. The topological polar surface area (TPSA) is 3.24 Å². The van der Waals surface area contributed by atoms with Crippen LogP contribution in [0.15, 0.2) is 18.2 Å². The Labute approximate surface area is 101 Å². The number of hydrogen-bond acceptors (Lipinski definition) is 1. The summed E-state index contributed by atoms with van der Waals surface area (Å²) in [5.74, 6) is 0. The molecule has 0 saturated heterocycles. The zero-order valence-corrected chi connectivity index (χ0v) is 10.4. The third kappa shape index (κ3) is 2.24. The Bertz CT molecular complexity index is 345. The fourth-order valence-electron chi connectivity index (χ4n) is 2.25. The van der Waals surface area contributed by atoms with E-state index < -0.39 is 0 Å². The number of benzene rings is 1. The molecular formula is C12H15Cl2N. The maximum Gasteiger partial charge on any atom is 0.0825 e. The van der Waals surface area contributed by atoms with Crippen molar-refractivity contribution < 1.29 is 0 Å². The van der Waals surface area contributed by atoms with Crippen LogP contribution in [0.3, 0.4) is 0 Å². The Morgan fingerprint density at radius 2 is 1.87 bits per heavy atom. The highest BCUT2D eigenvalue weighted by molar-refractivity contribution is 6.43. The predicted octanol–water partition coefficient (Wildman–Crippen LogP) is 4.37. The molecule has 1 aliphatic carbocycles. The molecule has 0 aromatic heterocycles. The van der Waals surface area contributed by atoms with Gasteiger partial charge in [-0.1, -0.05) is 42.1 Å².